The summed E-state index contributed by atoms with van der Waals surface area (Å²) in [6, 6.07) is 10.5. The molecule has 2 aromatic carbocycles. The van der Waals surface area contributed by atoms with Crippen LogP contribution < -0.4 is 20.3 Å². The third kappa shape index (κ3) is 5.52. The zero-order valence-corrected chi connectivity index (χ0v) is 20.6. The van der Waals surface area contributed by atoms with E-state index >= 15 is 0 Å². The first-order valence-corrected chi connectivity index (χ1v) is 13.2. The Morgan fingerprint density at radius 2 is 1.71 bits per heavy atom. The maximum absolute atomic E-state index is 13.3. The molecule has 0 radical (unpaired) electrons. The van der Waals surface area contributed by atoms with E-state index in [-0.39, 0.29) is 16.4 Å². The molecule has 2 heterocycles. The molecule has 0 spiro atoms. The van der Waals surface area contributed by atoms with E-state index in [1.807, 2.05) is 24.0 Å². The molecule has 3 N–H and O–H groups in total. The van der Waals surface area contributed by atoms with E-state index in [1.165, 1.54) is 12.1 Å². The quantitative estimate of drug-likeness (QED) is 0.640. The van der Waals surface area contributed by atoms with Gasteiger partial charge in [0.25, 0.3) is 5.91 Å². The number of rotatable bonds is 6. The average Bonchev–Trinajstić information content (AvgIpc) is 2.85. The van der Waals surface area contributed by atoms with Crippen LogP contribution in [0.1, 0.15) is 22.8 Å². The molecule has 0 saturated carbocycles. The van der Waals surface area contributed by atoms with Crippen molar-refractivity contribution in [3.63, 3.8) is 0 Å². The molecular weight excluding hydrogens is 454 g/mol. The molecule has 2 fully saturated rings. The second kappa shape index (κ2) is 10.3. The number of ether oxygens (including phenoxy) is 1. The third-order valence-electron chi connectivity index (χ3n) is 6.54. The van der Waals surface area contributed by atoms with E-state index in [1.54, 1.807) is 6.07 Å². The van der Waals surface area contributed by atoms with Gasteiger partial charge in [-0.05, 0) is 55.4 Å². The average molecular weight is 488 g/mol. The van der Waals surface area contributed by atoms with Crippen LogP contribution in [0.25, 0.3) is 0 Å². The summed E-state index contributed by atoms with van der Waals surface area (Å²) in [6.45, 7) is 11.6. The van der Waals surface area contributed by atoms with Crippen molar-refractivity contribution in [2.45, 2.75) is 18.7 Å². The van der Waals surface area contributed by atoms with Gasteiger partial charge in [-0.2, -0.15) is 0 Å². The lowest BCUT2D eigenvalue weighted by Crippen LogP contribution is -2.46. The summed E-state index contributed by atoms with van der Waals surface area (Å²) in [5.74, 6) is -0.376. The summed E-state index contributed by atoms with van der Waals surface area (Å²) >= 11 is 0. The number of primary sulfonamides is 1. The standard InChI is InChI=1S/C24H33N5O4S/c1-3-27-8-10-28(11-9-27)19-4-6-22(18(2)16-19)26-24(30)21-17-20(34(25,31)32)5-7-23(21)29-12-14-33-15-13-29/h4-7,16-17H,3,8-15H2,1-2H3,(H,26,30)(H2,25,31,32). The highest BCUT2D eigenvalue weighted by atomic mass is 32.2. The van der Waals surface area contributed by atoms with Gasteiger partial charge in [-0.1, -0.05) is 6.92 Å². The number of sulfonamides is 1. The number of nitrogens with one attached hydrogen (secondary N) is 1. The summed E-state index contributed by atoms with van der Waals surface area (Å²) in [5, 5.41) is 8.31. The van der Waals surface area contributed by atoms with Crippen LogP contribution in [0.3, 0.4) is 0 Å². The van der Waals surface area contributed by atoms with E-state index in [4.69, 9.17) is 9.88 Å². The number of nitrogens with zero attached hydrogens (tertiary/aromatic N) is 3. The summed E-state index contributed by atoms with van der Waals surface area (Å²) in [5.41, 5.74) is 3.70. The molecule has 10 heteroatoms. The van der Waals surface area contributed by atoms with Crippen LogP contribution in [0.5, 0.6) is 0 Å². The monoisotopic (exact) mass is 487 g/mol. The number of benzene rings is 2. The molecule has 0 aromatic heterocycles. The lowest BCUT2D eigenvalue weighted by Gasteiger charge is -2.35. The first-order valence-electron chi connectivity index (χ1n) is 11.6. The Bertz CT molecular complexity index is 1140. The van der Waals surface area contributed by atoms with Crippen LogP contribution in [-0.2, 0) is 14.8 Å². The number of nitrogens with two attached hydrogens (primary N) is 1. The number of anilines is 3. The Morgan fingerprint density at radius 3 is 2.32 bits per heavy atom. The van der Waals surface area contributed by atoms with Gasteiger partial charge in [0.1, 0.15) is 0 Å². The smallest absolute Gasteiger partial charge is 0.257 e. The van der Waals surface area contributed by atoms with Crippen LogP contribution in [0, 0.1) is 6.92 Å². The van der Waals surface area contributed by atoms with Crippen LogP contribution in [0.15, 0.2) is 41.3 Å². The SMILES string of the molecule is CCN1CCN(c2ccc(NC(=O)c3cc(S(N)(=O)=O)ccc3N3CCOCC3)c(C)c2)CC1. The van der Waals surface area contributed by atoms with Crippen molar-refractivity contribution in [1.82, 2.24) is 4.90 Å². The fourth-order valence-corrected chi connectivity index (χ4v) is 4.99. The highest BCUT2D eigenvalue weighted by Crippen LogP contribution is 2.28. The van der Waals surface area contributed by atoms with Crippen molar-refractivity contribution in [1.29, 1.82) is 0 Å². The Kier molecular flexibility index (Phi) is 7.42. The van der Waals surface area contributed by atoms with Crippen molar-refractivity contribution >= 4 is 33.0 Å². The van der Waals surface area contributed by atoms with Crippen LogP contribution in [-0.4, -0.2) is 78.3 Å². The minimum absolute atomic E-state index is 0.0899. The number of piperazine rings is 1. The lowest BCUT2D eigenvalue weighted by molar-refractivity contribution is 0.102. The fraction of sp³-hybridized carbons (Fsp3) is 0.458. The van der Waals surface area contributed by atoms with Gasteiger partial charge < -0.3 is 24.8 Å². The van der Waals surface area contributed by atoms with E-state index < -0.39 is 10.0 Å². The van der Waals surface area contributed by atoms with Gasteiger partial charge in [-0.3, -0.25) is 4.79 Å². The predicted octanol–water partition coefficient (Wildman–Crippen LogP) is 1.87. The second-order valence-corrected chi connectivity index (χ2v) is 10.3. The first-order chi connectivity index (χ1) is 16.3. The molecule has 2 aliphatic rings. The highest BCUT2D eigenvalue weighted by molar-refractivity contribution is 7.89. The van der Waals surface area contributed by atoms with E-state index in [0.717, 1.165) is 44.0 Å². The molecular formula is C24H33N5O4S. The van der Waals surface area contributed by atoms with Crippen LogP contribution >= 0.6 is 0 Å². The van der Waals surface area contributed by atoms with Gasteiger partial charge in [0.15, 0.2) is 0 Å². The zero-order chi connectivity index (χ0) is 24.3. The fourth-order valence-electron chi connectivity index (χ4n) is 4.45. The van der Waals surface area contributed by atoms with Gasteiger partial charge in [-0.25, -0.2) is 13.6 Å². The van der Waals surface area contributed by atoms with Crippen molar-refractivity contribution in [3.8, 4) is 0 Å². The third-order valence-corrected chi connectivity index (χ3v) is 7.45. The molecule has 2 aliphatic heterocycles. The Balaban J connectivity index is 1.57. The van der Waals surface area contributed by atoms with Gasteiger partial charge >= 0.3 is 0 Å². The molecule has 0 unspecified atom stereocenters. The Hall–Kier alpha value is -2.66. The number of aryl methyl sites for hydroxylation is 1. The summed E-state index contributed by atoms with van der Waals surface area (Å²) in [6.07, 6.45) is 0. The van der Waals surface area contributed by atoms with Crippen molar-refractivity contribution in [2.75, 3.05) is 74.1 Å². The highest BCUT2D eigenvalue weighted by Gasteiger charge is 2.23. The molecule has 184 valence electrons. The number of carbonyl (C=O) groups excluding carboxylic acids is 1. The maximum Gasteiger partial charge on any atom is 0.257 e. The van der Waals surface area contributed by atoms with Gasteiger partial charge in [0.2, 0.25) is 10.0 Å². The molecule has 0 aliphatic carbocycles. The zero-order valence-electron chi connectivity index (χ0n) is 19.8. The van der Waals surface area contributed by atoms with Crippen molar-refractivity contribution in [2.24, 2.45) is 5.14 Å². The summed E-state index contributed by atoms with van der Waals surface area (Å²) in [7, 11) is -3.94. The van der Waals surface area contributed by atoms with Crippen molar-refractivity contribution in [3.05, 3.63) is 47.5 Å². The second-order valence-electron chi connectivity index (χ2n) is 8.70. The van der Waals surface area contributed by atoms with Crippen molar-refractivity contribution < 1.29 is 17.9 Å². The number of hydrogen-bond acceptors (Lipinski definition) is 7. The molecule has 1 amide bonds. The lowest BCUT2D eigenvalue weighted by atomic mass is 10.1. The molecule has 9 nitrogen and oxygen atoms in total. The Morgan fingerprint density at radius 1 is 1.00 bits per heavy atom. The summed E-state index contributed by atoms with van der Waals surface area (Å²) < 4.78 is 29.3. The number of amides is 1. The van der Waals surface area contributed by atoms with Gasteiger partial charge in [0.05, 0.1) is 23.7 Å². The Labute approximate surface area is 201 Å². The number of morpholine rings is 1. The number of carbonyl (C=O) groups is 1. The number of hydrogen-bond donors (Lipinski definition) is 2. The van der Waals surface area contributed by atoms with Crippen LogP contribution in [0.4, 0.5) is 17.1 Å². The van der Waals surface area contributed by atoms with E-state index in [0.29, 0.717) is 37.7 Å². The number of likely N-dealkylation sites (N-methyl/N-ethyl adjacent to an activating group) is 1. The topological polar surface area (TPSA) is 108 Å². The normalized spacial score (nSPS) is 17.6. The van der Waals surface area contributed by atoms with Crippen LogP contribution in [0.2, 0.25) is 0 Å². The largest absolute Gasteiger partial charge is 0.378 e. The van der Waals surface area contributed by atoms with Gasteiger partial charge in [-0.15, -0.1) is 0 Å². The molecule has 0 atom stereocenters. The van der Waals surface area contributed by atoms with Gasteiger partial charge in [0, 0.05) is 56.3 Å². The predicted molar refractivity (Wildman–Crippen MR) is 134 cm³/mol. The molecule has 2 saturated heterocycles. The van der Waals surface area contributed by atoms with E-state index in [2.05, 4.69) is 28.1 Å². The maximum atomic E-state index is 13.3. The minimum atomic E-state index is -3.94. The summed E-state index contributed by atoms with van der Waals surface area (Å²) in [4.78, 5) is 20.1. The minimum Gasteiger partial charge on any atom is -0.378 e. The molecule has 4 rings (SSSR count). The molecule has 2 aromatic rings. The first kappa shape index (κ1) is 24.5. The molecule has 0 bridgehead atoms. The van der Waals surface area contributed by atoms with E-state index in [9.17, 15) is 13.2 Å². The molecule has 34 heavy (non-hydrogen) atoms.